The lowest BCUT2D eigenvalue weighted by molar-refractivity contribution is 0.169. The number of aliphatic hydroxyl groups is 1. The zero-order valence-electron chi connectivity index (χ0n) is 9.88. The minimum absolute atomic E-state index is 0.481. The van der Waals surface area contributed by atoms with Crippen molar-refractivity contribution in [3.05, 3.63) is 46.8 Å². The van der Waals surface area contributed by atoms with Crippen LogP contribution in [-0.4, -0.2) is 15.1 Å². The molecule has 0 aromatic carbocycles. The molecule has 0 aliphatic heterocycles. The van der Waals surface area contributed by atoms with E-state index in [-0.39, 0.29) is 0 Å². The van der Waals surface area contributed by atoms with Crippen molar-refractivity contribution in [3.63, 3.8) is 0 Å². The van der Waals surface area contributed by atoms with Gasteiger partial charge in [0.1, 0.15) is 5.03 Å². The molecule has 0 unspecified atom stereocenters. The number of pyridine rings is 2. The third-order valence-electron chi connectivity index (χ3n) is 2.43. The van der Waals surface area contributed by atoms with E-state index in [2.05, 4.69) is 25.9 Å². The van der Waals surface area contributed by atoms with Gasteiger partial charge in [-0.15, -0.1) is 0 Å². The molecule has 0 fully saturated rings. The van der Waals surface area contributed by atoms with Crippen molar-refractivity contribution < 1.29 is 5.11 Å². The number of nitrogens with zero attached hydrogens (tertiary/aromatic N) is 2. The van der Waals surface area contributed by atoms with Gasteiger partial charge in [0, 0.05) is 17.3 Å². The predicted molar refractivity (Wildman–Crippen MR) is 75.5 cm³/mol. The van der Waals surface area contributed by atoms with E-state index < -0.39 is 6.10 Å². The Hall–Kier alpha value is -0.910. The molecule has 2 aromatic heterocycles. The average Bonchev–Trinajstić information content (AvgIpc) is 2.41. The summed E-state index contributed by atoms with van der Waals surface area (Å²) in [6.07, 6.45) is 3.71. The molecule has 0 aliphatic rings. The molecule has 94 valence electrons. The zero-order valence-corrected chi connectivity index (χ0v) is 12.3. The molecule has 0 aliphatic carbocycles. The number of rotatable bonds is 4. The van der Waals surface area contributed by atoms with Crippen LogP contribution in [0.25, 0.3) is 0 Å². The average molecular weight is 325 g/mol. The first-order valence-corrected chi connectivity index (χ1v) is 7.24. The van der Waals surface area contributed by atoms with Gasteiger partial charge in [0.2, 0.25) is 0 Å². The molecule has 1 atom stereocenters. The molecular weight excluding hydrogens is 312 g/mol. The van der Waals surface area contributed by atoms with Crippen molar-refractivity contribution in [2.75, 3.05) is 0 Å². The van der Waals surface area contributed by atoms with E-state index in [0.717, 1.165) is 14.4 Å². The van der Waals surface area contributed by atoms with Crippen LogP contribution in [0.15, 0.2) is 51.1 Å². The normalized spacial score (nSPS) is 12.4. The lowest BCUT2D eigenvalue weighted by Crippen LogP contribution is -1.97. The monoisotopic (exact) mass is 324 g/mol. The standard InChI is InChI=1S/C13H13BrN2OS/c1-2-12(17)11-6-5-9(8-16-11)18-13-10(14)4-3-7-15-13/h3-8,12,17H,2H2,1H3/t12-/m1/s1. The van der Waals surface area contributed by atoms with Gasteiger partial charge >= 0.3 is 0 Å². The number of hydrogen-bond acceptors (Lipinski definition) is 4. The predicted octanol–water partition coefficient (Wildman–Crippen LogP) is 3.83. The van der Waals surface area contributed by atoms with Crippen LogP contribution in [0.3, 0.4) is 0 Å². The molecule has 2 rings (SSSR count). The van der Waals surface area contributed by atoms with Crippen LogP contribution < -0.4 is 0 Å². The Bertz CT molecular complexity index is 519. The Morgan fingerprint density at radius 1 is 1.33 bits per heavy atom. The third kappa shape index (κ3) is 3.31. The maximum Gasteiger partial charge on any atom is 0.115 e. The fraction of sp³-hybridized carbons (Fsp3) is 0.231. The van der Waals surface area contributed by atoms with Crippen LogP contribution in [-0.2, 0) is 0 Å². The summed E-state index contributed by atoms with van der Waals surface area (Å²) in [6, 6.07) is 7.64. The molecule has 0 bridgehead atoms. The highest BCUT2D eigenvalue weighted by atomic mass is 79.9. The maximum atomic E-state index is 9.66. The van der Waals surface area contributed by atoms with Gasteiger partial charge in [-0.1, -0.05) is 18.7 Å². The van der Waals surface area contributed by atoms with Crippen LogP contribution in [0, 0.1) is 0 Å². The molecule has 0 amide bonds. The maximum absolute atomic E-state index is 9.66. The zero-order chi connectivity index (χ0) is 13.0. The summed E-state index contributed by atoms with van der Waals surface area (Å²) in [5.41, 5.74) is 0.710. The highest BCUT2D eigenvalue weighted by Gasteiger charge is 2.07. The second kappa shape index (κ2) is 6.31. The first kappa shape index (κ1) is 13.5. The quantitative estimate of drug-likeness (QED) is 0.928. The molecule has 0 saturated heterocycles. The van der Waals surface area contributed by atoms with E-state index in [9.17, 15) is 5.11 Å². The Morgan fingerprint density at radius 2 is 2.17 bits per heavy atom. The van der Waals surface area contributed by atoms with Crippen molar-refractivity contribution >= 4 is 27.7 Å². The number of hydrogen-bond donors (Lipinski definition) is 1. The van der Waals surface area contributed by atoms with Gasteiger partial charge in [0.15, 0.2) is 0 Å². The molecule has 18 heavy (non-hydrogen) atoms. The molecule has 2 aromatic rings. The van der Waals surface area contributed by atoms with Gasteiger partial charge in [0.05, 0.1) is 16.3 Å². The van der Waals surface area contributed by atoms with Gasteiger partial charge in [0.25, 0.3) is 0 Å². The smallest absolute Gasteiger partial charge is 0.115 e. The van der Waals surface area contributed by atoms with Crippen LogP contribution in [0.1, 0.15) is 25.1 Å². The molecule has 3 nitrogen and oxygen atoms in total. The number of aromatic nitrogens is 2. The second-order valence-electron chi connectivity index (χ2n) is 3.74. The third-order valence-corrected chi connectivity index (χ3v) is 4.32. The minimum atomic E-state index is -0.481. The van der Waals surface area contributed by atoms with E-state index >= 15 is 0 Å². The summed E-state index contributed by atoms with van der Waals surface area (Å²) < 4.78 is 0.965. The van der Waals surface area contributed by atoms with Crippen molar-refractivity contribution in [2.24, 2.45) is 0 Å². The van der Waals surface area contributed by atoms with E-state index in [1.54, 1.807) is 24.2 Å². The molecule has 0 radical (unpaired) electrons. The Kier molecular flexibility index (Phi) is 4.74. The largest absolute Gasteiger partial charge is 0.387 e. The van der Waals surface area contributed by atoms with Gasteiger partial charge in [-0.2, -0.15) is 0 Å². The summed E-state index contributed by atoms with van der Waals surface area (Å²) in [4.78, 5) is 9.55. The van der Waals surface area contributed by atoms with Crippen LogP contribution in [0.2, 0.25) is 0 Å². The first-order chi connectivity index (χ1) is 8.70. The van der Waals surface area contributed by atoms with Crippen LogP contribution >= 0.6 is 27.7 Å². The first-order valence-electron chi connectivity index (χ1n) is 5.63. The minimum Gasteiger partial charge on any atom is -0.387 e. The molecule has 2 heterocycles. The summed E-state index contributed by atoms with van der Waals surface area (Å²) in [5.74, 6) is 0. The van der Waals surface area contributed by atoms with Crippen molar-refractivity contribution in [3.8, 4) is 0 Å². The second-order valence-corrected chi connectivity index (χ2v) is 5.65. The van der Waals surface area contributed by atoms with Crippen molar-refractivity contribution in [1.29, 1.82) is 0 Å². The van der Waals surface area contributed by atoms with E-state index in [4.69, 9.17) is 0 Å². The summed E-state index contributed by atoms with van der Waals surface area (Å²) >= 11 is 5.00. The van der Waals surface area contributed by atoms with E-state index in [1.165, 1.54) is 0 Å². The van der Waals surface area contributed by atoms with E-state index in [1.807, 2.05) is 31.2 Å². The summed E-state index contributed by atoms with van der Waals surface area (Å²) in [6.45, 7) is 1.93. The van der Waals surface area contributed by atoms with E-state index in [0.29, 0.717) is 12.1 Å². The SMILES string of the molecule is CC[C@@H](O)c1ccc(Sc2ncccc2Br)cn1. The molecule has 1 N–H and O–H groups in total. The van der Waals surface area contributed by atoms with Gasteiger partial charge in [-0.3, -0.25) is 4.98 Å². The Balaban J connectivity index is 2.14. The molecule has 0 saturated carbocycles. The number of halogens is 1. The number of aliphatic hydroxyl groups excluding tert-OH is 1. The van der Waals surface area contributed by atoms with Crippen LogP contribution in [0.4, 0.5) is 0 Å². The fourth-order valence-electron chi connectivity index (χ4n) is 1.42. The van der Waals surface area contributed by atoms with Crippen molar-refractivity contribution in [1.82, 2.24) is 9.97 Å². The van der Waals surface area contributed by atoms with Gasteiger partial charge < -0.3 is 5.11 Å². The Morgan fingerprint density at radius 3 is 2.78 bits per heavy atom. The molecule has 5 heteroatoms. The van der Waals surface area contributed by atoms with Gasteiger partial charge in [-0.05, 0) is 46.6 Å². The Labute approximate surface area is 119 Å². The highest BCUT2D eigenvalue weighted by Crippen LogP contribution is 2.31. The van der Waals surface area contributed by atoms with Crippen molar-refractivity contribution in [2.45, 2.75) is 29.4 Å². The lowest BCUT2D eigenvalue weighted by Gasteiger charge is -2.07. The summed E-state index contributed by atoms with van der Waals surface area (Å²) in [5, 5.41) is 10.6. The highest BCUT2D eigenvalue weighted by molar-refractivity contribution is 9.10. The topological polar surface area (TPSA) is 46.0 Å². The molecule has 0 spiro atoms. The molecular formula is C13H13BrN2OS. The fourth-order valence-corrected chi connectivity index (χ4v) is 2.66. The summed E-state index contributed by atoms with van der Waals surface area (Å²) in [7, 11) is 0. The van der Waals surface area contributed by atoms with Crippen LogP contribution in [0.5, 0.6) is 0 Å². The lowest BCUT2D eigenvalue weighted by atomic mass is 10.2. The van der Waals surface area contributed by atoms with Gasteiger partial charge in [-0.25, -0.2) is 4.98 Å².